The van der Waals surface area contributed by atoms with Gasteiger partial charge in [0.1, 0.15) is 0 Å². The van der Waals surface area contributed by atoms with Crippen molar-refractivity contribution in [3.63, 3.8) is 0 Å². The number of hydrogen-bond donors (Lipinski definition) is 0. The molecule has 0 saturated heterocycles. The highest BCUT2D eigenvalue weighted by molar-refractivity contribution is 5.87. The number of hydrogen-bond acceptors (Lipinski definition) is 3. The molecule has 2 aliphatic heterocycles. The van der Waals surface area contributed by atoms with Crippen LogP contribution in [0.3, 0.4) is 0 Å². The summed E-state index contributed by atoms with van der Waals surface area (Å²) in [6.07, 6.45) is 4.22. The Morgan fingerprint density at radius 1 is 0.870 bits per heavy atom. The molecule has 0 amide bonds. The molecule has 0 aromatic heterocycles. The lowest BCUT2D eigenvalue weighted by molar-refractivity contribution is 0.823. The Morgan fingerprint density at radius 2 is 1.48 bits per heavy atom. The third-order valence-corrected chi connectivity index (χ3v) is 3.84. The maximum atomic E-state index is 4.67. The van der Waals surface area contributed by atoms with Crippen LogP contribution in [0.4, 0.5) is 5.69 Å². The molecule has 23 heavy (non-hydrogen) atoms. The number of allylic oxidation sites excluding steroid dienone is 2. The van der Waals surface area contributed by atoms with Gasteiger partial charge in [-0.05, 0) is 31.2 Å². The average Bonchev–Trinajstić information content (AvgIpc) is 2.97. The number of para-hydroxylation sites is 3. The fourth-order valence-corrected chi connectivity index (χ4v) is 2.78. The summed E-state index contributed by atoms with van der Waals surface area (Å²) in [6, 6.07) is 16.4. The van der Waals surface area contributed by atoms with Crippen LogP contribution in [-0.2, 0) is 0 Å². The van der Waals surface area contributed by atoms with Crippen molar-refractivity contribution in [2.45, 2.75) is 6.92 Å². The van der Waals surface area contributed by atoms with Crippen molar-refractivity contribution < 1.29 is 11.0 Å². The summed E-state index contributed by atoms with van der Waals surface area (Å²) in [4.78, 5) is 11.6. The van der Waals surface area contributed by atoms with E-state index in [9.17, 15) is 0 Å². The second-order valence-electron chi connectivity index (χ2n) is 5.07. The molecule has 2 aliphatic rings. The first-order chi connectivity index (χ1) is 10.4. The largest absolute Gasteiger partial charge is 0.412 e. The van der Waals surface area contributed by atoms with Gasteiger partial charge in [-0.25, -0.2) is 9.98 Å². The molecule has 2 aromatic rings. The third kappa shape index (κ3) is 2.67. The van der Waals surface area contributed by atoms with Crippen LogP contribution in [0, 0.1) is 0 Å². The topological polar surface area (TPSA) is 91.0 Å². The van der Waals surface area contributed by atoms with Gasteiger partial charge in [0, 0.05) is 29.6 Å². The van der Waals surface area contributed by atoms with Gasteiger partial charge < -0.3 is 15.9 Å². The van der Waals surface area contributed by atoms with E-state index in [-0.39, 0.29) is 11.0 Å². The summed E-state index contributed by atoms with van der Waals surface area (Å²) >= 11 is 0. The molecule has 0 bridgehead atoms. The average molecular weight is 309 g/mol. The normalized spacial score (nSPS) is 14.0. The molecule has 2 aromatic carbocycles. The Hall–Kier alpha value is -2.76. The highest BCUT2D eigenvalue weighted by Crippen LogP contribution is 2.34. The molecule has 4 N–H and O–H groups in total. The van der Waals surface area contributed by atoms with E-state index >= 15 is 0 Å². The van der Waals surface area contributed by atoms with Crippen molar-refractivity contribution >= 4 is 11.3 Å². The smallest absolute Gasteiger partial charge is 0.161 e. The van der Waals surface area contributed by atoms with E-state index in [0.29, 0.717) is 0 Å². The van der Waals surface area contributed by atoms with Crippen molar-refractivity contribution in [3.8, 4) is 0 Å². The van der Waals surface area contributed by atoms with Gasteiger partial charge >= 0.3 is 0 Å². The van der Waals surface area contributed by atoms with Gasteiger partial charge in [0.2, 0.25) is 0 Å². The molecule has 118 valence electrons. The van der Waals surface area contributed by atoms with Gasteiger partial charge in [-0.15, -0.1) is 0 Å². The van der Waals surface area contributed by atoms with E-state index in [1.165, 1.54) is 11.3 Å². The van der Waals surface area contributed by atoms with E-state index in [2.05, 4.69) is 58.3 Å². The van der Waals surface area contributed by atoms with Gasteiger partial charge in [0.05, 0.1) is 10.7 Å². The number of benzene rings is 2. The van der Waals surface area contributed by atoms with Crippen molar-refractivity contribution in [2.24, 2.45) is 9.98 Å². The molecule has 5 heteroatoms. The van der Waals surface area contributed by atoms with Gasteiger partial charge in [-0.1, -0.05) is 30.3 Å². The maximum absolute atomic E-state index is 4.67. The highest BCUT2D eigenvalue weighted by atomic mass is 16.0. The SMILES string of the molecule is CCN1C=CC(=C2N=c3ccccc3=N2)c2ccccc21.O.O. The van der Waals surface area contributed by atoms with Crippen LogP contribution >= 0.6 is 0 Å². The van der Waals surface area contributed by atoms with E-state index in [1.54, 1.807) is 0 Å². The zero-order valence-electron chi connectivity index (χ0n) is 12.8. The minimum Gasteiger partial charge on any atom is -0.412 e. The van der Waals surface area contributed by atoms with Crippen molar-refractivity contribution in [2.75, 3.05) is 11.4 Å². The fraction of sp³-hybridized carbons (Fsp3) is 0.111. The lowest BCUT2D eigenvalue weighted by Crippen LogP contribution is -2.19. The number of nitrogens with zero attached hydrogens (tertiary/aromatic N) is 3. The Bertz CT molecular complexity index is 863. The van der Waals surface area contributed by atoms with Crippen LogP contribution in [0.25, 0.3) is 5.57 Å². The monoisotopic (exact) mass is 309 g/mol. The van der Waals surface area contributed by atoms with Crippen LogP contribution in [-0.4, -0.2) is 17.5 Å². The Kier molecular flexibility index (Phi) is 4.74. The van der Waals surface area contributed by atoms with E-state index in [1.807, 2.05) is 24.3 Å². The van der Waals surface area contributed by atoms with Gasteiger partial charge in [0.15, 0.2) is 5.82 Å². The predicted molar refractivity (Wildman–Crippen MR) is 91.5 cm³/mol. The Labute approximate surface area is 134 Å². The summed E-state index contributed by atoms with van der Waals surface area (Å²) in [5.41, 5.74) is 3.50. The first-order valence-corrected chi connectivity index (χ1v) is 7.18. The molecular weight excluding hydrogens is 290 g/mol. The molecular formula is C18H19N3O2. The quantitative estimate of drug-likeness (QED) is 0.773. The van der Waals surface area contributed by atoms with E-state index in [4.69, 9.17) is 0 Å². The second kappa shape index (κ2) is 6.56. The fourth-order valence-electron chi connectivity index (χ4n) is 2.78. The maximum Gasteiger partial charge on any atom is 0.161 e. The van der Waals surface area contributed by atoms with Gasteiger partial charge in [0.25, 0.3) is 0 Å². The highest BCUT2D eigenvalue weighted by Gasteiger charge is 2.18. The minimum atomic E-state index is 0. The van der Waals surface area contributed by atoms with Crippen LogP contribution in [0.5, 0.6) is 0 Å². The van der Waals surface area contributed by atoms with Crippen molar-refractivity contribution in [1.29, 1.82) is 0 Å². The molecule has 0 unspecified atom stereocenters. The molecule has 0 saturated carbocycles. The molecule has 4 rings (SSSR count). The molecule has 0 atom stereocenters. The van der Waals surface area contributed by atoms with Gasteiger partial charge in [-0.3, -0.25) is 0 Å². The minimum absolute atomic E-state index is 0. The van der Waals surface area contributed by atoms with Crippen molar-refractivity contribution in [3.05, 3.63) is 82.9 Å². The Balaban J connectivity index is 0.000000960. The van der Waals surface area contributed by atoms with Crippen molar-refractivity contribution in [1.82, 2.24) is 0 Å². The summed E-state index contributed by atoms with van der Waals surface area (Å²) < 4.78 is 0. The van der Waals surface area contributed by atoms with E-state index in [0.717, 1.165) is 28.7 Å². The molecule has 0 fully saturated rings. The molecule has 0 radical (unpaired) electrons. The molecule has 0 spiro atoms. The zero-order valence-corrected chi connectivity index (χ0v) is 12.8. The summed E-state index contributed by atoms with van der Waals surface area (Å²) in [5, 5.41) is 1.90. The third-order valence-electron chi connectivity index (χ3n) is 3.84. The van der Waals surface area contributed by atoms with Crippen LogP contribution in [0.1, 0.15) is 12.5 Å². The second-order valence-corrected chi connectivity index (χ2v) is 5.07. The summed E-state index contributed by atoms with van der Waals surface area (Å²) in [6.45, 7) is 3.10. The summed E-state index contributed by atoms with van der Waals surface area (Å²) in [7, 11) is 0. The lowest BCUT2D eigenvalue weighted by atomic mass is 10.00. The standard InChI is InChI=1S/C18H15N3.2H2O/c1-2-21-12-11-14(13-7-3-6-10-17(13)21)18-19-15-8-4-5-9-16(15)20-18;;/h3-12H,2H2,1H3;2*1H2. The van der Waals surface area contributed by atoms with Gasteiger partial charge in [-0.2, -0.15) is 0 Å². The first-order valence-electron chi connectivity index (χ1n) is 7.18. The van der Waals surface area contributed by atoms with E-state index < -0.39 is 0 Å². The summed E-state index contributed by atoms with van der Waals surface area (Å²) in [5.74, 6) is 0.802. The predicted octanol–water partition coefficient (Wildman–Crippen LogP) is 1.01. The molecule has 0 aliphatic carbocycles. The zero-order chi connectivity index (χ0) is 14.2. The molecule has 2 heterocycles. The number of rotatable bonds is 1. The first kappa shape index (κ1) is 16.6. The van der Waals surface area contributed by atoms with Crippen LogP contribution < -0.4 is 15.6 Å². The van der Waals surface area contributed by atoms with Crippen LogP contribution in [0.15, 0.2) is 76.6 Å². The lowest BCUT2D eigenvalue weighted by Gasteiger charge is -2.26. The number of fused-ring (bicyclic) bond motifs is 2. The number of anilines is 1. The Morgan fingerprint density at radius 3 is 2.13 bits per heavy atom. The molecule has 5 nitrogen and oxygen atoms in total. The van der Waals surface area contributed by atoms with Crippen LogP contribution in [0.2, 0.25) is 0 Å².